The maximum atomic E-state index is 3.67. The molecule has 7 heavy (non-hydrogen) atoms. The molecule has 0 amide bonds. The second-order valence-electron chi connectivity index (χ2n) is 0.978. The van der Waals surface area contributed by atoms with Gasteiger partial charge in [-0.1, -0.05) is 5.22 Å². The second-order valence-corrected chi connectivity index (χ2v) is 2.01. The first-order chi connectivity index (χ1) is 3.43. The van der Waals surface area contributed by atoms with Crippen molar-refractivity contribution in [2.75, 3.05) is 6.29 Å². The van der Waals surface area contributed by atoms with Crippen molar-refractivity contribution < 1.29 is 0 Å². The van der Waals surface area contributed by atoms with Crippen LogP contribution in [0.3, 0.4) is 0 Å². The summed E-state index contributed by atoms with van der Waals surface area (Å²) in [5.41, 5.74) is 0. The van der Waals surface area contributed by atoms with Gasteiger partial charge in [0.05, 0.1) is 8.73 Å². The van der Waals surface area contributed by atoms with Crippen LogP contribution in [0.25, 0.3) is 0 Å². The number of hydrazone groups is 1. The Morgan fingerprint density at radius 1 is 1.86 bits per heavy atom. The van der Waals surface area contributed by atoms with E-state index in [1.807, 2.05) is 0 Å². The van der Waals surface area contributed by atoms with Gasteiger partial charge in [-0.15, -0.1) is 4.89 Å². The van der Waals surface area contributed by atoms with E-state index in [0.29, 0.717) is 8.73 Å². The van der Waals surface area contributed by atoms with Crippen molar-refractivity contribution in [2.45, 2.75) is 0 Å². The fourth-order valence-corrected chi connectivity index (χ4v) is 0.776. The molecule has 0 aromatic carbocycles. The summed E-state index contributed by atoms with van der Waals surface area (Å²) in [6, 6.07) is 0. The van der Waals surface area contributed by atoms with Crippen LogP contribution >= 0.6 is 8.73 Å². The lowest BCUT2D eigenvalue weighted by Crippen LogP contribution is -1.86. The smallest absolute Gasteiger partial charge is 0.101 e. The first kappa shape index (κ1) is 4.65. The summed E-state index contributed by atoms with van der Waals surface area (Å²) in [4.78, 5) is 1.49. The highest BCUT2D eigenvalue weighted by Gasteiger charge is 2.00. The van der Waals surface area contributed by atoms with Gasteiger partial charge in [0.15, 0.2) is 0 Å². The number of hydrogen-bond donors (Lipinski definition) is 0. The van der Waals surface area contributed by atoms with Gasteiger partial charge in [0.1, 0.15) is 6.29 Å². The maximum absolute atomic E-state index is 3.67. The van der Waals surface area contributed by atoms with Gasteiger partial charge in [-0.25, -0.2) is 0 Å². The molecular formula is C2H5N4P. The molecule has 1 unspecified atom stereocenters. The molecule has 0 aliphatic carbocycles. The van der Waals surface area contributed by atoms with E-state index in [4.69, 9.17) is 0 Å². The number of nitrogens with zero attached hydrogens (tertiary/aromatic N) is 4. The standard InChI is InChI=1S/C2H5N4P/c1-3-6-5-4-2-7-6/h7H,1-2H2. The van der Waals surface area contributed by atoms with E-state index in [1.54, 1.807) is 0 Å². The number of hydrogen-bond acceptors (Lipinski definition) is 4. The highest BCUT2D eigenvalue weighted by Crippen LogP contribution is 2.24. The van der Waals surface area contributed by atoms with Crippen molar-refractivity contribution in [3.8, 4) is 0 Å². The average molecular weight is 116 g/mol. The van der Waals surface area contributed by atoms with Crippen LogP contribution in [0.2, 0.25) is 0 Å². The zero-order valence-electron chi connectivity index (χ0n) is 3.70. The maximum Gasteiger partial charge on any atom is 0.101 e. The van der Waals surface area contributed by atoms with Crippen LogP contribution in [0, 0.1) is 0 Å². The van der Waals surface area contributed by atoms with Crippen molar-refractivity contribution in [3.05, 3.63) is 0 Å². The average Bonchev–Trinajstić information content (AvgIpc) is 2.14. The molecule has 1 heterocycles. The largest absolute Gasteiger partial charge is 0.167 e. The topological polar surface area (TPSA) is 40.3 Å². The van der Waals surface area contributed by atoms with E-state index in [2.05, 4.69) is 22.2 Å². The minimum Gasteiger partial charge on any atom is -0.167 e. The van der Waals surface area contributed by atoms with Gasteiger partial charge in [0, 0.05) is 6.72 Å². The SMILES string of the molecule is C=NN1N=NCP1. The summed E-state index contributed by atoms with van der Waals surface area (Å²) in [6.45, 7) is 3.27. The van der Waals surface area contributed by atoms with E-state index >= 15 is 0 Å². The molecule has 1 atom stereocenters. The third-order valence-corrected chi connectivity index (χ3v) is 1.36. The second kappa shape index (κ2) is 1.98. The summed E-state index contributed by atoms with van der Waals surface area (Å²) >= 11 is 0. The number of rotatable bonds is 1. The Hall–Kier alpha value is -0.500. The van der Waals surface area contributed by atoms with Crippen LogP contribution in [0.15, 0.2) is 15.4 Å². The summed E-state index contributed by atoms with van der Waals surface area (Å²) in [6.07, 6.45) is 0.777. The minimum atomic E-state index is 0.571. The van der Waals surface area contributed by atoms with Crippen molar-refractivity contribution >= 4 is 15.4 Å². The Bertz CT molecular complexity index is 99.9. The molecule has 38 valence electrons. The molecule has 0 aromatic heterocycles. The Morgan fingerprint density at radius 3 is 3.00 bits per heavy atom. The van der Waals surface area contributed by atoms with E-state index in [9.17, 15) is 0 Å². The van der Waals surface area contributed by atoms with Gasteiger partial charge >= 0.3 is 0 Å². The van der Waals surface area contributed by atoms with Crippen molar-refractivity contribution in [3.63, 3.8) is 0 Å². The fourth-order valence-electron chi connectivity index (χ4n) is 0.296. The molecule has 0 bridgehead atoms. The van der Waals surface area contributed by atoms with Crippen molar-refractivity contribution in [1.29, 1.82) is 0 Å². The first-order valence-corrected chi connectivity index (χ1v) is 2.96. The third-order valence-electron chi connectivity index (χ3n) is 0.565. The highest BCUT2D eigenvalue weighted by atomic mass is 31.1. The van der Waals surface area contributed by atoms with E-state index < -0.39 is 0 Å². The predicted octanol–water partition coefficient (Wildman–Crippen LogP) is 0.836. The molecule has 0 radical (unpaired) electrons. The molecule has 0 aromatic rings. The Kier molecular flexibility index (Phi) is 1.32. The first-order valence-electron chi connectivity index (χ1n) is 1.81. The quantitative estimate of drug-likeness (QED) is 0.369. The molecular weight excluding hydrogens is 111 g/mol. The fraction of sp³-hybridized carbons (Fsp3) is 0.500. The summed E-state index contributed by atoms with van der Waals surface area (Å²) in [7, 11) is 0.571. The van der Waals surface area contributed by atoms with Crippen molar-refractivity contribution in [1.82, 2.24) is 4.89 Å². The molecule has 4 nitrogen and oxygen atoms in total. The normalized spacial score (nSPS) is 21.4. The Labute approximate surface area is 43.1 Å². The van der Waals surface area contributed by atoms with Gasteiger partial charge in [-0.2, -0.15) is 10.2 Å². The van der Waals surface area contributed by atoms with Crippen LogP contribution in [0.5, 0.6) is 0 Å². The van der Waals surface area contributed by atoms with Gasteiger partial charge in [0.2, 0.25) is 0 Å². The lowest BCUT2D eigenvalue weighted by Gasteiger charge is -1.97. The zero-order chi connectivity index (χ0) is 5.11. The highest BCUT2D eigenvalue weighted by molar-refractivity contribution is 7.35. The van der Waals surface area contributed by atoms with Crippen LogP contribution < -0.4 is 0 Å². The van der Waals surface area contributed by atoms with Crippen LogP contribution in [0.4, 0.5) is 0 Å². The van der Waals surface area contributed by atoms with E-state index in [0.717, 1.165) is 6.29 Å². The molecule has 1 aliphatic rings. The van der Waals surface area contributed by atoms with Crippen molar-refractivity contribution in [2.24, 2.45) is 15.4 Å². The van der Waals surface area contributed by atoms with Gasteiger partial charge in [0.25, 0.3) is 0 Å². The van der Waals surface area contributed by atoms with E-state index in [1.165, 1.54) is 4.89 Å². The molecule has 0 fully saturated rings. The third kappa shape index (κ3) is 0.933. The molecule has 0 spiro atoms. The van der Waals surface area contributed by atoms with Crippen LogP contribution in [0.1, 0.15) is 0 Å². The van der Waals surface area contributed by atoms with Crippen LogP contribution in [-0.2, 0) is 0 Å². The van der Waals surface area contributed by atoms with Gasteiger partial charge in [-0.3, -0.25) is 0 Å². The van der Waals surface area contributed by atoms with E-state index in [-0.39, 0.29) is 0 Å². The predicted molar refractivity (Wildman–Crippen MR) is 29.4 cm³/mol. The molecule has 0 N–H and O–H groups in total. The Morgan fingerprint density at radius 2 is 2.71 bits per heavy atom. The molecule has 1 aliphatic heterocycles. The summed E-state index contributed by atoms with van der Waals surface area (Å²) in [5, 5.41) is 10.8. The molecule has 0 saturated heterocycles. The van der Waals surface area contributed by atoms with Crippen LogP contribution in [-0.4, -0.2) is 17.9 Å². The molecule has 1 rings (SSSR count). The minimum absolute atomic E-state index is 0.571. The lowest BCUT2D eigenvalue weighted by molar-refractivity contribution is 0.518. The lowest BCUT2D eigenvalue weighted by atomic mass is 11.5. The summed E-state index contributed by atoms with van der Waals surface area (Å²) in [5.74, 6) is 0. The summed E-state index contributed by atoms with van der Waals surface area (Å²) < 4.78 is 0. The molecule has 5 heteroatoms. The van der Waals surface area contributed by atoms with Gasteiger partial charge < -0.3 is 0 Å². The van der Waals surface area contributed by atoms with Gasteiger partial charge in [-0.05, 0) is 0 Å². The molecule has 0 saturated carbocycles. The zero-order valence-corrected chi connectivity index (χ0v) is 4.70. The monoisotopic (exact) mass is 116 g/mol. The Balaban J connectivity index is 2.42.